The van der Waals surface area contributed by atoms with Crippen molar-refractivity contribution in [3.63, 3.8) is 0 Å². The zero-order valence-electron chi connectivity index (χ0n) is 9.56. The van der Waals surface area contributed by atoms with Crippen LogP contribution in [0.25, 0.3) is 0 Å². The molecular weight excluding hydrogens is 236 g/mol. The lowest BCUT2D eigenvalue weighted by atomic mass is 10.1. The van der Waals surface area contributed by atoms with Crippen LogP contribution in [0, 0.1) is 0 Å². The standard InChI is InChI=1S/C12H14N2O2S/c1-14(12(16)17)5-4-8-2-3-10-9(6-8)7-11(15)13-10/h2-3,6H,4-5,7H2,1H3,(H,13,15)(H,16,17). The molecule has 0 aromatic heterocycles. The third-order valence-electron chi connectivity index (χ3n) is 2.86. The summed E-state index contributed by atoms with van der Waals surface area (Å²) in [6.45, 7) is 0.627. The maximum Gasteiger partial charge on any atom is 0.278 e. The number of anilines is 1. The van der Waals surface area contributed by atoms with Crippen molar-refractivity contribution in [2.24, 2.45) is 0 Å². The first kappa shape index (κ1) is 12.0. The maximum atomic E-state index is 11.2. The lowest BCUT2D eigenvalue weighted by Crippen LogP contribution is -2.23. The van der Waals surface area contributed by atoms with Crippen LogP contribution in [0.5, 0.6) is 0 Å². The van der Waals surface area contributed by atoms with Crippen molar-refractivity contribution in [3.05, 3.63) is 29.3 Å². The number of carbonyl (C=O) groups is 2. The molecule has 0 saturated carbocycles. The van der Waals surface area contributed by atoms with E-state index in [2.05, 4.69) is 17.9 Å². The Kier molecular flexibility index (Phi) is 3.38. The molecule has 1 aromatic carbocycles. The Morgan fingerprint density at radius 3 is 3.00 bits per heavy atom. The number of carbonyl (C=O) groups excluding carboxylic acids is 2. The SMILES string of the molecule is CN(CCc1ccc2c(c1)CC(=O)N2)C(=O)S. The van der Waals surface area contributed by atoms with E-state index >= 15 is 0 Å². The minimum Gasteiger partial charge on any atom is -0.337 e. The highest BCUT2D eigenvalue weighted by atomic mass is 32.1. The van der Waals surface area contributed by atoms with E-state index in [-0.39, 0.29) is 11.1 Å². The van der Waals surface area contributed by atoms with Gasteiger partial charge in [0.05, 0.1) is 6.42 Å². The van der Waals surface area contributed by atoms with Crippen molar-refractivity contribution < 1.29 is 9.59 Å². The summed E-state index contributed by atoms with van der Waals surface area (Å²) in [6.07, 6.45) is 1.22. The second-order valence-corrected chi connectivity index (χ2v) is 4.55. The van der Waals surface area contributed by atoms with Crippen LogP contribution in [0.1, 0.15) is 11.1 Å². The van der Waals surface area contributed by atoms with Gasteiger partial charge >= 0.3 is 0 Å². The van der Waals surface area contributed by atoms with E-state index in [9.17, 15) is 9.59 Å². The molecule has 2 rings (SSSR count). The molecule has 1 aliphatic rings. The van der Waals surface area contributed by atoms with Gasteiger partial charge in [-0.05, 0) is 23.6 Å². The summed E-state index contributed by atoms with van der Waals surface area (Å²) >= 11 is 3.75. The number of amides is 2. The Bertz CT molecular complexity index is 474. The number of rotatable bonds is 3. The first-order valence-corrected chi connectivity index (χ1v) is 5.86. The van der Waals surface area contributed by atoms with Gasteiger partial charge < -0.3 is 10.2 Å². The van der Waals surface area contributed by atoms with Crippen LogP contribution in [0.2, 0.25) is 0 Å². The van der Waals surface area contributed by atoms with Gasteiger partial charge in [-0.1, -0.05) is 24.8 Å². The molecule has 0 bridgehead atoms. The molecule has 90 valence electrons. The van der Waals surface area contributed by atoms with Crippen LogP contribution >= 0.6 is 12.6 Å². The zero-order chi connectivity index (χ0) is 12.4. The molecule has 1 aromatic rings. The minimum atomic E-state index is -0.233. The normalized spacial score (nSPS) is 13.2. The number of likely N-dealkylation sites (N-methyl/N-ethyl adjacent to an activating group) is 1. The molecule has 0 saturated heterocycles. The summed E-state index contributed by atoms with van der Waals surface area (Å²) < 4.78 is 0. The lowest BCUT2D eigenvalue weighted by Gasteiger charge is -2.13. The summed E-state index contributed by atoms with van der Waals surface area (Å²) in [4.78, 5) is 23.7. The minimum absolute atomic E-state index is 0.0415. The van der Waals surface area contributed by atoms with Gasteiger partial charge in [0, 0.05) is 19.3 Å². The van der Waals surface area contributed by atoms with E-state index in [1.807, 2.05) is 18.2 Å². The Labute approximate surface area is 105 Å². The van der Waals surface area contributed by atoms with E-state index in [1.165, 1.54) is 0 Å². The fraction of sp³-hybridized carbons (Fsp3) is 0.333. The fourth-order valence-electron chi connectivity index (χ4n) is 1.83. The molecule has 0 unspecified atom stereocenters. The Morgan fingerprint density at radius 2 is 2.29 bits per heavy atom. The average Bonchev–Trinajstić information content (AvgIpc) is 2.64. The van der Waals surface area contributed by atoms with Gasteiger partial charge in [0.15, 0.2) is 0 Å². The molecule has 0 radical (unpaired) electrons. The van der Waals surface area contributed by atoms with Crippen molar-refractivity contribution in [2.45, 2.75) is 12.8 Å². The number of thiol groups is 1. The van der Waals surface area contributed by atoms with Crippen LogP contribution < -0.4 is 5.32 Å². The van der Waals surface area contributed by atoms with Crippen LogP contribution in [-0.2, 0) is 17.6 Å². The van der Waals surface area contributed by atoms with Crippen molar-refractivity contribution in [2.75, 3.05) is 18.9 Å². The lowest BCUT2D eigenvalue weighted by molar-refractivity contribution is -0.115. The van der Waals surface area contributed by atoms with E-state index in [0.717, 1.165) is 23.2 Å². The molecule has 2 amide bonds. The van der Waals surface area contributed by atoms with E-state index in [1.54, 1.807) is 11.9 Å². The Balaban J connectivity index is 2.02. The monoisotopic (exact) mass is 250 g/mol. The van der Waals surface area contributed by atoms with Crippen molar-refractivity contribution in [1.82, 2.24) is 4.90 Å². The molecule has 5 heteroatoms. The Morgan fingerprint density at radius 1 is 1.53 bits per heavy atom. The highest BCUT2D eigenvalue weighted by Crippen LogP contribution is 2.24. The first-order chi connectivity index (χ1) is 8.06. The predicted octanol–water partition coefficient (Wildman–Crippen LogP) is 1.71. The molecule has 1 aliphatic heterocycles. The summed E-state index contributed by atoms with van der Waals surface area (Å²) in [6, 6.07) is 5.91. The molecule has 0 aliphatic carbocycles. The van der Waals surface area contributed by atoms with Gasteiger partial charge in [-0.15, -0.1) is 0 Å². The molecule has 0 spiro atoms. The van der Waals surface area contributed by atoms with E-state index in [0.29, 0.717) is 13.0 Å². The number of nitrogens with zero attached hydrogens (tertiary/aromatic N) is 1. The van der Waals surface area contributed by atoms with Gasteiger partial charge in [-0.2, -0.15) is 0 Å². The van der Waals surface area contributed by atoms with Gasteiger partial charge in [-0.25, -0.2) is 0 Å². The summed E-state index contributed by atoms with van der Waals surface area (Å²) in [5.41, 5.74) is 3.06. The van der Waals surface area contributed by atoms with Crippen LogP contribution in [0.4, 0.5) is 10.5 Å². The van der Waals surface area contributed by atoms with Gasteiger partial charge in [-0.3, -0.25) is 9.59 Å². The molecular formula is C12H14N2O2S. The molecule has 4 nitrogen and oxygen atoms in total. The van der Waals surface area contributed by atoms with Gasteiger partial charge in [0.25, 0.3) is 5.24 Å². The highest BCUT2D eigenvalue weighted by Gasteiger charge is 2.17. The maximum absolute atomic E-state index is 11.2. The number of nitrogens with one attached hydrogen (secondary N) is 1. The largest absolute Gasteiger partial charge is 0.337 e. The highest BCUT2D eigenvalue weighted by molar-refractivity contribution is 7.96. The predicted molar refractivity (Wildman–Crippen MR) is 69.5 cm³/mol. The number of benzene rings is 1. The number of hydrogen-bond donors (Lipinski definition) is 2. The second-order valence-electron chi connectivity index (χ2n) is 4.17. The molecule has 17 heavy (non-hydrogen) atoms. The smallest absolute Gasteiger partial charge is 0.278 e. The Hall–Kier alpha value is -1.49. The molecule has 0 atom stereocenters. The van der Waals surface area contributed by atoms with Crippen molar-refractivity contribution in [3.8, 4) is 0 Å². The van der Waals surface area contributed by atoms with Gasteiger partial charge in [0.1, 0.15) is 0 Å². The van der Waals surface area contributed by atoms with Crippen molar-refractivity contribution >= 4 is 29.5 Å². The van der Waals surface area contributed by atoms with Crippen LogP contribution in [-0.4, -0.2) is 29.6 Å². The number of hydrogen-bond acceptors (Lipinski definition) is 2. The number of fused-ring (bicyclic) bond motifs is 1. The van der Waals surface area contributed by atoms with Gasteiger partial charge in [0.2, 0.25) is 5.91 Å². The average molecular weight is 250 g/mol. The third-order valence-corrected chi connectivity index (χ3v) is 3.20. The summed E-state index contributed by atoms with van der Waals surface area (Å²) in [5.74, 6) is 0.0415. The zero-order valence-corrected chi connectivity index (χ0v) is 10.5. The van der Waals surface area contributed by atoms with E-state index < -0.39 is 0 Å². The molecule has 1 N–H and O–H groups in total. The fourth-order valence-corrected chi connectivity index (χ4v) is 1.93. The topological polar surface area (TPSA) is 49.4 Å². The first-order valence-electron chi connectivity index (χ1n) is 5.42. The molecule has 0 fully saturated rings. The second kappa shape index (κ2) is 4.79. The third kappa shape index (κ3) is 2.79. The molecule has 1 heterocycles. The van der Waals surface area contributed by atoms with Crippen LogP contribution in [0.3, 0.4) is 0 Å². The summed E-state index contributed by atoms with van der Waals surface area (Å²) in [5, 5.41) is 2.56. The quantitative estimate of drug-likeness (QED) is 0.802. The van der Waals surface area contributed by atoms with E-state index in [4.69, 9.17) is 0 Å². The van der Waals surface area contributed by atoms with Crippen molar-refractivity contribution in [1.29, 1.82) is 0 Å². The van der Waals surface area contributed by atoms with Crippen LogP contribution in [0.15, 0.2) is 18.2 Å². The summed E-state index contributed by atoms with van der Waals surface area (Å²) in [7, 11) is 1.72.